The van der Waals surface area contributed by atoms with Gasteiger partial charge in [0.25, 0.3) is 0 Å². The predicted molar refractivity (Wildman–Crippen MR) is 81.4 cm³/mol. The zero-order valence-corrected chi connectivity index (χ0v) is 13.2. The summed E-state index contributed by atoms with van der Waals surface area (Å²) in [5.74, 6) is -1.31. The number of ether oxygens (including phenoxy) is 3. The molecule has 0 fully saturated rings. The molecule has 0 saturated heterocycles. The molecule has 124 valence electrons. The Hall–Kier alpha value is -2.38. The summed E-state index contributed by atoms with van der Waals surface area (Å²) < 4.78 is 14.9. The summed E-state index contributed by atoms with van der Waals surface area (Å²) in [5.41, 5.74) is 1.45. The quantitative estimate of drug-likeness (QED) is 0.832. The predicted octanol–water partition coefficient (Wildman–Crippen LogP) is 1.13. The van der Waals surface area contributed by atoms with Crippen LogP contribution in [0.4, 0.5) is 5.69 Å². The van der Waals surface area contributed by atoms with E-state index in [0.29, 0.717) is 11.3 Å². The maximum Gasteiger partial charge on any atom is 0.355 e. The Labute approximate surface area is 134 Å². The summed E-state index contributed by atoms with van der Waals surface area (Å²) in [7, 11) is 2.47. The van der Waals surface area contributed by atoms with Crippen LogP contribution < -0.4 is 4.90 Å². The van der Waals surface area contributed by atoms with Gasteiger partial charge in [0.15, 0.2) is 0 Å². The van der Waals surface area contributed by atoms with E-state index in [1.807, 2.05) is 0 Å². The van der Waals surface area contributed by atoms with Crippen LogP contribution in [-0.2, 0) is 23.8 Å². The molecule has 7 heteroatoms. The third kappa shape index (κ3) is 3.52. The molecule has 0 radical (unpaired) electrons. The summed E-state index contributed by atoms with van der Waals surface area (Å²) in [6, 6.07) is 6.98. The van der Waals surface area contributed by atoms with Gasteiger partial charge in [-0.3, -0.25) is 0 Å². The van der Waals surface area contributed by atoms with Gasteiger partial charge in [0.2, 0.25) is 0 Å². The average molecular weight is 321 g/mol. The summed E-state index contributed by atoms with van der Waals surface area (Å²) in [6.45, 7) is 1.68. The average Bonchev–Trinajstić information content (AvgIpc) is 2.59. The first kappa shape index (κ1) is 17.0. The van der Waals surface area contributed by atoms with E-state index in [1.165, 1.54) is 19.1 Å². The second-order valence-electron chi connectivity index (χ2n) is 4.99. The van der Waals surface area contributed by atoms with Gasteiger partial charge in [-0.2, -0.15) is 0 Å². The van der Waals surface area contributed by atoms with Gasteiger partial charge in [0.1, 0.15) is 12.4 Å². The fraction of sp³-hybridized carbons (Fsp3) is 0.375. The number of methoxy groups -OCH3 is 2. The topological polar surface area (TPSA) is 85.3 Å². The molecular weight excluding hydrogens is 302 g/mol. The highest BCUT2D eigenvalue weighted by molar-refractivity contribution is 6.03. The van der Waals surface area contributed by atoms with E-state index in [9.17, 15) is 14.7 Å². The van der Waals surface area contributed by atoms with E-state index >= 15 is 0 Å². The molecule has 1 aliphatic heterocycles. The van der Waals surface area contributed by atoms with Crippen LogP contribution in [0, 0.1) is 0 Å². The Balaban J connectivity index is 2.53. The van der Waals surface area contributed by atoms with E-state index in [-0.39, 0.29) is 24.6 Å². The molecule has 0 bridgehead atoms. The van der Waals surface area contributed by atoms with Crippen molar-refractivity contribution < 1.29 is 28.9 Å². The van der Waals surface area contributed by atoms with Gasteiger partial charge in [0.05, 0.1) is 32.5 Å². The van der Waals surface area contributed by atoms with Crippen molar-refractivity contribution in [3.63, 3.8) is 0 Å². The van der Waals surface area contributed by atoms with E-state index in [4.69, 9.17) is 14.2 Å². The highest BCUT2D eigenvalue weighted by atomic mass is 16.5. The molecule has 0 saturated carbocycles. The molecular formula is C16H19NO6. The number of carbonyl (C=O) groups excluding carboxylic acids is 2. The molecule has 1 heterocycles. The maximum absolute atomic E-state index is 12.2. The van der Waals surface area contributed by atoms with Crippen LogP contribution in [-0.4, -0.2) is 44.6 Å². The highest BCUT2D eigenvalue weighted by Crippen LogP contribution is 2.28. The smallest absolute Gasteiger partial charge is 0.355 e. The number of carbonyl (C=O) groups is 2. The second-order valence-corrected chi connectivity index (χ2v) is 4.99. The minimum absolute atomic E-state index is 0.0380. The number of anilines is 1. The first-order valence-corrected chi connectivity index (χ1v) is 7.02. The van der Waals surface area contributed by atoms with Crippen LogP contribution in [0.3, 0.4) is 0 Å². The van der Waals surface area contributed by atoms with Crippen molar-refractivity contribution in [1.82, 2.24) is 0 Å². The zero-order chi connectivity index (χ0) is 17.0. The van der Waals surface area contributed by atoms with Crippen LogP contribution in [0.2, 0.25) is 0 Å². The van der Waals surface area contributed by atoms with Gasteiger partial charge in [-0.25, -0.2) is 9.59 Å². The molecule has 1 unspecified atom stereocenters. The lowest BCUT2D eigenvalue weighted by atomic mass is 10.1. The Morgan fingerprint density at radius 2 is 1.96 bits per heavy atom. The molecule has 2 rings (SSSR count). The highest BCUT2D eigenvalue weighted by Gasteiger charge is 2.32. The number of benzene rings is 1. The lowest BCUT2D eigenvalue weighted by Crippen LogP contribution is -2.38. The summed E-state index contributed by atoms with van der Waals surface area (Å²) in [5, 5.41) is 9.72. The molecule has 1 N–H and O–H groups in total. The lowest BCUT2D eigenvalue weighted by molar-refractivity contribution is -0.140. The maximum atomic E-state index is 12.2. The van der Waals surface area contributed by atoms with Crippen molar-refractivity contribution in [2.24, 2.45) is 0 Å². The SMILES string of the molecule is COC(=O)C1=C(C(=O)OC)N(c2cccc(C(C)O)c2)COC1. The standard InChI is InChI=1S/C16H19NO6/c1-10(18)11-5-4-6-12(7-11)17-9-23-8-13(15(19)21-2)14(17)16(20)22-3/h4-7,10,18H,8-9H2,1-3H3. The Morgan fingerprint density at radius 3 is 2.57 bits per heavy atom. The van der Waals surface area contributed by atoms with Crippen LogP contribution in [0.15, 0.2) is 35.5 Å². The number of rotatable bonds is 4. The van der Waals surface area contributed by atoms with Crippen molar-refractivity contribution in [3.05, 3.63) is 41.1 Å². The van der Waals surface area contributed by atoms with Gasteiger partial charge in [-0.05, 0) is 24.6 Å². The fourth-order valence-corrected chi connectivity index (χ4v) is 2.30. The molecule has 1 atom stereocenters. The molecule has 0 aliphatic carbocycles. The van der Waals surface area contributed by atoms with Crippen molar-refractivity contribution in [1.29, 1.82) is 0 Å². The van der Waals surface area contributed by atoms with Crippen molar-refractivity contribution in [3.8, 4) is 0 Å². The minimum Gasteiger partial charge on any atom is -0.466 e. The van der Waals surface area contributed by atoms with Crippen LogP contribution in [0.5, 0.6) is 0 Å². The first-order chi connectivity index (χ1) is 11.0. The third-order valence-corrected chi connectivity index (χ3v) is 3.50. The summed E-state index contributed by atoms with van der Waals surface area (Å²) in [6.07, 6.45) is -0.661. The van der Waals surface area contributed by atoms with Gasteiger partial charge >= 0.3 is 11.9 Å². The Morgan fingerprint density at radius 1 is 1.26 bits per heavy atom. The van der Waals surface area contributed by atoms with E-state index in [1.54, 1.807) is 31.2 Å². The van der Waals surface area contributed by atoms with Crippen LogP contribution >= 0.6 is 0 Å². The molecule has 1 aromatic carbocycles. The molecule has 1 aliphatic rings. The van der Waals surface area contributed by atoms with E-state index < -0.39 is 18.0 Å². The molecule has 0 amide bonds. The number of nitrogens with zero attached hydrogens (tertiary/aromatic N) is 1. The zero-order valence-electron chi connectivity index (χ0n) is 13.2. The number of aliphatic hydroxyl groups excluding tert-OH is 1. The number of hydrogen-bond acceptors (Lipinski definition) is 7. The summed E-state index contributed by atoms with van der Waals surface area (Å²) >= 11 is 0. The van der Waals surface area contributed by atoms with E-state index in [2.05, 4.69) is 0 Å². The molecule has 1 aromatic rings. The lowest BCUT2D eigenvalue weighted by Gasteiger charge is -2.31. The van der Waals surface area contributed by atoms with Crippen molar-refractivity contribution >= 4 is 17.6 Å². The fourth-order valence-electron chi connectivity index (χ4n) is 2.30. The van der Waals surface area contributed by atoms with E-state index in [0.717, 1.165) is 0 Å². The number of hydrogen-bond donors (Lipinski definition) is 1. The first-order valence-electron chi connectivity index (χ1n) is 7.02. The monoisotopic (exact) mass is 321 g/mol. The second kappa shape index (κ2) is 7.26. The molecule has 0 aromatic heterocycles. The third-order valence-electron chi connectivity index (χ3n) is 3.50. The summed E-state index contributed by atoms with van der Waals surface area (Å²) in [4.78, 5) is 25.6. The molecule has 23 heavy (non-hydrogen) atoms. The van der Waals surface area contributed by atoms with Crippen molar-refractivity contribution in [2.75, 3.05) is 32.5 Å². The van der Waals surface area contributed by atoms with Crippen molar-refractivity contribution in [2.45, 2.75) is 13.0 Å². The normalized spacial score (nSPS) is 16.1. The Kier molecular flexibility index (Phi) is 5.36. The van der Waals surface area contributed by atoms with Gasteiger partial charge in [-0.15, -0.1) is 0 Å². The van der Waals surface area contributed by atoms with Crippen LogP contribution in [0.1, 0.15) is 18.6 Å². The van der Waals surface area contributed by atoms with Crippen LogP contribution in [0.25, 0.3) is 0 Å². The number of esters is 2. The molecule has 7 nitrogen and oxygen atoms in total. The molecule has 0 spiro atoms. The van der Waals surface area contributed by atoms with Gasteiger partial charge in [0, 0.05) is 5.69 Å². The number of aliphatic hydroxyl groups is 1. The Bertz CT molecular complexity index is 637. The van der Waals surface area contributed by atoms with Gasteiger partial charge < -0.3 is 24.2 Å². The minimum atomic E-state index is -0.661. The van der Waals surface area contributed by atoms with Gasteiger partial charge in [-0.1, -0.05) is 12.1 Å². The largest absolute Gasteiger partial charge is 0.466 e.